The van der Waals surface area contributed by atoms with Gasteiger partial charge in [0.25, 0.3) is 0 Å². The quantitative estimate of drug-likeness (QED) is 0.717. The lowest BCUT2D eigenvalue weighted by Gasteiger charge is -2.08. The number of hydrogen-bond acceptors (Lipinski definition) is 4. The summed E-state index contributed by atoms with van der Waals surface area (Å²) in [6, 6.07) is 18.4. The summed E-state index contributed by atoms with van der Waals surface area (Å²) in [5.74, 6) is 1.33. The molecule has 0 fully saturated rings. The van der Waals surface area contributed by atoms with Gasteiger partial charge in [-0.1, -0.05) is 36.4 Å². The van der Waals surface area contributed by atoms with Crippen molar-refractivity contribution >= 4 is 14.7 Å². The zero-order valence-electron chi connectivity index (χ0n) is 13.3. The fourth-order valence-electron chi connectivity index (χ4n) is 1.47. The Bertz CT molecular complexity index is 585. The normalized spacial score (nSPS) is 11.1. The second kappa shape index (κ2) is 8.22. The number of hydrogen-bond donors (Lipinski definition) is 0. The van der Waals surface area contributed by atoms with Crippen LogP contribution in [0.2, 0.25) is 0 Å². The number of benzene rings is 2. The van der Waals surface area contributed by atoms with E-state index in [0.717, 1.165) is 0 Å². The third-order valence-corrected chi connectivity index (χ3v) is 3.44. The second-order valence-electron chi connectivity index (χ2n) is 5.31. The molecule has 120 valence electrons. The van der Waals surface area contributed by atoms with E-state index in [1.165, 1.54) is 0 Å². The molecular weight excluding hydrogens is 318 g/mol. The number of rotatable bonds is 4. The molecule has 0 aliphatic heterocycles. The molecule has 2 aromatic carbocycles. The Balaban J connectivity index is 0.000000220. The fourth-order valence-corrected chi connectivity index (χ4v) is 2.73. The van der Waals surface area contributed by atoms with Gasteiger partial charge in [0.05, 0.1) is 0 Å². The highest BCUT2D eigenvalue weighted by Crippen LogP contribution is 2.38. The monoisotopic (exact) mass is 340 g/mol. The van der Waals surface area contributed by atoms with Crippen molar-refractivity contribution in [2.75, 3.05) is 26.7 Å². The van der Waals surface area contributed by atoms with Crippen LogP contribution >= 0.6 is 14.7 Å². The summed E-state index contributed by atoms with van der Waals surface area (Å²) in [5, 5.41) is 0. The first-order chi connectivity index (χ1) is 10.2. The third kappa shape index (κ3) is 9.44. The molecule has 0 atom stereocenters. The highest BCUT2D eigenvalue weighted by molar-refractivity contribution is 7.58. The van der Waals surface area contributed by atoms with Crippen LogP contribution in [-0.2, 0) is 9.13 Å². The minimum Gasteiger partial charge on any atom is -0.443 e. The van der Waals surface area contributed by atoms with Crippen molar-refractivity contribution in [1.82, 2.24) is 0 Å². The smallest absolute Gasteiger partial charge is 0.242 e. The largest absolute Gasteiger partial charge is 0.443 e. The molecule has 0 saturated heterocycles. The Morgan fingerprint density at radius 3 is 1.09 bits per heavy atom. The van der Waals surface area contributed by atoms with Crippen LogP contribution in [0.4, 0.5) is 0 Å². The summed E-state index contributed by atoms with van der Waals surface area (Å²) in [4.78, 5) is 0. The zero-order chi connectivity index (χ0) is 16.6. The fraction of sp³-hybridized carbons (Fsp3) is 0.250. The van der Waals surface area contributed by atoms with Gasteiger partial charge >= 0.3 is 0 Å². The average molecular weight is 340 g/mol. The number of para-hydroxylation sites is 2. The van der Waals surface area contributed by atoms with Crippen LogP contribution < -0.4 is 9.05 Å². The van der Waals surface area contributed by atoms with Crippen LogP contribution in [0.5, 0.6) is 11.5 Å². The molecule has 0 aliphatic carbocycles. The molecule has 0 N–H and O–H groups in total. The van der Waals surface area contributed by atoms with Gasteiger partial charge in [-0.25, -0.2) is 0 Å². The molecule has 2 rings (SSSR count). The lowest BCUT2D eigenvalue weighted by Crippen LogP contribution is -1.87. The van der Waals surface area contributed by atoms with E-state index in [1.54, 1.807) is 50.9 Å². The molecule has 0 unspecified atom stereocenters. The second-order valence-corrected chi connectivity index (χ2v) is 10.7. The maximum atomic E-state index is 11.2. The molecule has 0 radical (unpaired) electrons. The molecule has 0 amide bonds. The van der Waals surface area contributed by atoms with Gasteiger partial charge in [-0.2, -0.15) is 0 Å². The minimum absolute atomic E-state index is 0.667. The molecule has 0 saturated carbocycles. The molecule has 22 heavy (non-hydrogen) atoms. The maximum absolute atomic E-state index is 11.2. The van der Waals surface area contributed by atoms with Crippen LogP contribution in [-0.4, -0.2) is 26.7 Å². The Kier molecular flexibility index (Phi) is 6.93. The average Bonchev–Trinajstić information content (AvgIpc) is 2.38. The van der Waals surface area contributed by atoms with E-state index in [9.17, 15) is 9.13 Å². The lowest BCUT2D eigenvalue weighted by molar-refractivity contribution is 0.493. The lowest BCUT2D eigenvalue weighted by atomic mass is 10.3. The first-order valence-corrected chi connectivity index (χ1v) is 11.8. The Hall–Kier alpha value is -1.50. The van der Waals surface area contributed by atoms with Crippen molar-refractivity contribution in [1.29, 1.82) is 0 Å². The van der Waals surface area contributed by atoms with Gasteiger partial charge in [0.15, 0.2) is 0 Å². The summed E-state index contributed by atoms with van der Waals surface area (Å²) < 4.78 is 32.6. The van der Waals surface area contributed by atoms with Crippen molar-refractivity contribution in [3.63, 3.8) is 0 Å². The third-order valence-electron chi connectivity index (χ3n) is 2.14. The predicted octanol–water partition coefficient (Wildman–Crippen LogP) is 5.21. The predicted molar refractivity (Wildman–Crippen MR) is 93.0 cm³/mol. The molecule has 0 aliphatic rings. The van der Waals surface area contributed by atoms with Gasteiger partial charge in [-0.3, -0.25) is 9.13 Å². The van der Waals surface area contributed by atoms with Gasteiger partial charge in [0.2, 0.25) is 14.7 Å². The van der Waals surface area contributed by atoms with Crippen LogP contribution in [0, 0.1) is 0 Å². The first kappa shape index (κ1) is 18.5. The summed E-state index contributed by atoms with van der Waals surface area (Å²) in [5.41, 5.74) is 0. The van der Waals surface area contributed by atoms with E-state index in [0.29, 0.717) is 11.5 Å². The van der Waals surface area contributed by atoms with Crippen molar-refractivity contribution in [3.05, 3.63) is 60.7 Å². The summed E-state index contributed by atoms with van der Waals surface area (Å²) in [6.07, 6.45) is 0. The minimum atomic E-state index is -2.39. The van der Waals surface area contributed by atoms with E-state index in [-0.39, 0.29) is 0 Å². The van der Waals surface area contributed by atoms with E-state index < -0.39 is 14.7 Å². The van der Waals surface area contributed by atoms with Crippen molar-refractivity contribution < 1.29 is 18.2 Å². The molecular formula is C16H22O4P2. The molecule has 0 heterocycles. The highest BCUT2D eigenvalue weighted by atomic mass is 31.2. The van der Waals surface area contributed by atoms with Crippen LogP contribution in [0.25, 0.3) is 0 Å². The highest BCUT2D eigenvalue weighted by Gasteiger charge is 2.07. The molecule has 4 nitrogen and oxygen atoms in total. The van der Waals surface area contributed by atoms with E-state index >= 15 is 0 Å². The Morgan fingerprint density at radius 1 is 0.591 bits per heavy atom. The SMILES string of the molecule is CP(C)(=O)Oc1ccccc1.CP(C)(=O)Oc1ccccc1. The zero-order valence-corrected chi connectivity index (χ0v) is 15.1. The summed E-state index contributed by atoms with van der Waals surface area (Å²) in [6.45, 7) is 6.39. The van der Waals surface area contributed by atoms with E-state index in [2.05, 4.69) is 0 Å². The van der Waals surface area contributed by atoms with Crippen LogP contribution in [0.15, 0.2) is 60.7 Å². The molecule has 0 spiro atoms. The van der Waals surface area contributed by atoms with Gasteiger partial charge in [0.1, 0.15) is 11.5 Å². The first-order valence-electron chi connectivity index (χ1n) is 6.75. The van der Waals surface area contributed by atoms with E-state index in [1.807, 2.05) is 36.4 Å². The van der Waals surface area contributed by atoms with E-state index in [4.69, 9.17) is 9.05 Å². The van der Waals surface area contributed by atoms with Crippen LogP contribution in [0.1, 0.15) is 0 Å². The molecule has 6 heteroatoms. The Morgan fingerprint density at radius 2 is 0.864 bits per heavy atom. The van der Waals surface area contributed by atoms with Crippen molar-refractivity contribution in [2.45, 2.75) is 0 Å². The van der Waals surface area contributed by atoms with Crippen LogP contribution in [0.3, 0.4) is 0 Å². The maximum Gasteiger partial charge on any atom is 0.242 e. The van der Waals surface area contributed by atoms with Gasteiger partial charge < -0.3 is 9.05 Å². The molecule has 2 aromatic rings. The van der Waals surface area contributed by atoms with Crippen molar-refractivity contribution in [2.24, 2.45) is 0 Å². The summed E-state index contributed by atoms with van der Waals surface area (Å²) >= 11 is 0. The van der Waals surface area contributed by atoms with Gasteiger partial charge in [-0.05, 0) is 24.3 Å². The topological polar surface area (TPSA) is 52.6 Å². The van der Waals surface area contributed by atoms with Crippen molar-refractivity contribution in [3.8, 4) is 11.5 Å². The van der Waals surface area contributed by atoms with Gasteiger partial charge in [0, 0.05) is 26.7 Å². The summed E-state index contributed by atoms with van der Waals surface area (Å²) in [7, 11) is -4.78. The van der Waals surface area contributed by atoms with Gasteiger partial charge in [-0.15, -0.1) is 0 Å². The molecule has 0 aromatic heterocycles. The standard InChI is InChI=1S/2C8H11O2P/c2*1-11(2,9)10-8-6-4-3-5-7-8/h2*3-7H,1-2H3. The Labute approximate surface area is 132 Å². The molecule has 0 bridgehead atoms.